The van der Waals surface area contributed by atoms with Crippen LogP contribution in [0.4, 0.5) is 11.4 Å². The standard InChI is InChI=1S/C24H22N2O5/c1-14-24(30)26(2)19-13-15(9-11-22(19)31-14)20(27)10-12-23(29)25-18-7-3-6-17-16(18)5-4-8-21(17)28/h3-9,11,13-14,28H,10,12H2,1-2H3,(H,25,29). The van der Waals surface area contributed by atoms with E-state index in [0.29, 0.717) is 28.1 Å². The first kappa shape index (κ1) is 20.4. The zero-order valence-electron chi connectivity index (χ0n) is 17.2. The first-order chi connectivity index (χ1) is 14.8. The molecule has 0 aliphatic carbocycles. The van der Waals surface area contributed by atoms with Crippen LogP contribution in [-0.4, -0.2) is 35.9 Å². The number of ether oxygens (including phenoxy) is 1. The molecule has 3 aromatic carbocycles. The van der Waals surface area contributed by atoms with Gasteiger partial charge < -0.3 is 20.1 Å². The minimum atomic E-state index is -0.571. The third-order valence-corrected chi connectivity index (χ3v) is 5.38. The van der Waals surface area contributed by atoms with Crippen molar-refractivity contribution in [2.75, 3.05) is 17.3 Å². The molecule has 1 unspecified atom stereocenters. The molecule has 2 N–H and O–H groups in total. The monoisotopic (exact) mass is 418 g/mol. The maximum atomic E-state index is 12.6. The molecule has 7 heteroatoms. The Morgan fingerprint density at radius 1 is 1.06 bits per heavy atom. The largest absolute Gasteiger partial charge is 0.507 e. The smallest absolute Gasteiger partial charge is 0.267 e. The van der Waals surface area contributed by atoms with Crippen molar-refractivity contribution >= 4 is 39.7 Å². The minimum absolute atomic E-state index is 0.00737. The van der Waals surface area contributed by atoms with Gasteiger partial charge in [0.2, 0.25) is 5.91 Å². The summed E-state index contributed by atoms with van der Waals surface area (Å²) in [6.45, 7) is 1.68. The van der Waals surface area contributed by atoms with Crippen LogP contribution in [0.3, 0.4) is 0 Å². The van der Waals surface area contributed by atoms with E-state index >= 15 is 0 Å². The highest BCUT2D eigenvalue weighted by Gasteiger charge is 2.29. The second kappa shape index (κ2) is 8.10. The highest BCUT2D eigenvalue weighted by Crippen LogP contribution is 2.34. The minimum Gasteiger partial charge on any atom is -0.507 e. The zero-order valence-corrected chi connectivity index (χ0v) is 17.2. The first-order valence-corrected chi connectivity index (χ1v) is 9.97. The lowest BCUT2D eigenvalue weighted by Crippen LogP contribution is -2.42. The number of amides is 2. The fourth-order valence-corrected chi connectivity index (χ4v) is 3.67. The highest BCUT2D eigenvalue weighted by atomic mass is 16.5. The number of rotatable bonds is 5. The second-order valence-corrected chi connectivity index (χ2v) is 7.49. The van der Waals surface area contributed by atoms with E-state index in [2.05, 4.69) is 5.32 Å². The van der Waals surface area contributed by atoms with E-state index in [9.17, 15) is 19.5 Å². The lowest BCUT2D eigenvalue weighted by Gasteiger charge is -2.30. The van der Waals surface area contributed by atoms with Gasteiger partial charge in [0.25, 0.3) is 5.91 Å². The number of fused-ring (bicyclic) bond motifs is 2. The third kappa shape index (κ3) is 3.94. The van der Waals surface area contributed by atoms with Gasteiger partial charge in [-0.05, 0) is 37.3 Å². The van der Waals surface area contributed by atoms with Gasteiger partial charge in [0, 0.05) is 41.9 Å². The van der Waals surface area contributed by atoms with Crippen molar-refractivity contribution in [3.8, 4) is 11.5 Å². The molecule has 0 saturated carbocycles. The summed E-state index contributed by atoms with van der Waals surface area (Å²) >= 11 is 0. The predicted molar refractivity (Wildman–Crippen MR) is 118 cm³/mol. The number of likely N-dealkylation sites (N-methyl/N-ethyl adjacent to an activating group) is 1. The van der Waals surface area contributed by atoms with Crippen LogP contribution >= 0.6 is 0 Å². The Bertz CT molecular complexity index is 1200. The Kier molecular flexibility index (Phi) is 5.33. The van der Waals surface area contributed by atoms with Crippen LogP contribution in [-0.2, 0) is 9.59 Å². The van der Waals surface area contributed by atoms with Crippen molar-refractivity contribution in [1.29, 1.82) is 0 Å². The quantitative estimate of drug-likeness (QED) is 0.613. The zero-order chi connectivity index (χ0) is 22.1. The molecule has 1 heterocycles. The summed E-state index contributed by atoms with van der Waals surface area (Å²) in [6.07, 6.45) is -0.540. The number of nitrogens with one attached hydrogen (secondary N) is 1. The lowest BCUT2D eigenvalue weighted by molar-refractivity contribution is -0.125. The molecular weight excluding hydrogens is 396 g/mol. The average molecular weight is 418 g/mol. The molecule has 158 valence electrons. The van der Waals surface area contributed by atoms with Gasteiger partial charge in [0.15, 0.2) is 11.9 Å². The van der Waals surface area contributed by atoms with Crippen LogP contribution < -0.4 is 15.0 Å². The molecule has 4 rings (SSSR count). The molecule has 0 bridgehead atoms. The third-order valence-electron chi connectivity index (χ3n) is 5.38. The van der Waals surface area contributed by atoms with Crippen molar-refractivity contribution in [3.05, 3.63) is 60.2 Å². The van der Waals surface area contributed by atoms with E-state index in [1.54, 1.807) is 62.5 Å². The number of carbonyl (C=O) groups excluding carboxylic acids is 3. The molecule has 2 amide bonds. The van der Waals surface area contributed by atoms with Gasteiger partial charge in [-0.3, -0.25) is 14.4 Å². The van der Waals surface area contributed by atoms with Crippen LogP contribution in [0.2, 0.25) is 0 Å². The van der Waals surface area contributed by atoms with E-state index in [4.69, 9.17) is 4.74 Å². The Labute approximate surface area is 179 Å². The van der Waals surface area contributed by atoms with E-state index in [0.717, 1.165) is 5.39 Å². The fourth-order valence-electron chi connectivity index (χ4n) is 3.67. The van der Waals surface area contributed by atoms with Crippen molar-refractivity contribution in [2.45, 2.75) is 25.9 Å². The summed E-state index contributed by atoms with van der Waals surface area (Å²) in [7, 11) is 1.64. The number of phenols is 1. The van der Waals surface area contributed by atoms with E-state index in [-0.39, 0.29) is 36.2 Å². The van der Waals surface area contributed by atoms with Gasteiger partial charge in [-0.15, -0.1) is 0 Å². The number of anilines is 2. The Balaban J connectivity index is 1.43. The van der Waals surface area contributed by atoms with Crippen molar-refractivity contribution in [3.63, 3.8) is 0 Å². The average Bonchev–Trinajstić information content (AvgIpc) is 2.76. The van der Waals surface area contributed by atoms with E-state index in [1.165, 1.54) is 4.90 Å². The molecule has 0 fully saturated rings. The number of carbonyl (C=O) groups is 3. The van der Waals surface area contributed by atoms with Gasteiger partial charge in [-0.2, -0.15) is 0 Å². The molecule has 0 spiro atoms. The van der Waals surface area contributed by atoms with Gasteiger partial charge >= 0.3 is 0 Å². The van der Waals surface area contributed by atoms with Gasteiger partial charge in [-0.25, -0.2) is 0 Å². The summed E-state index contributed by atoms with van der Waals surface area (Å²) in [4.78, 5) is 38.7. The van der Waals surface area contributed by atoms with Crippen LogP contribution in [0.1, 0.15) is 30.1 Å². The Morgan fingerprint density at radius 3 is 2.61 bits per heavy atom. The molecular formula is C24H22N2O5. The van der Waals surface area contributed by atoms with Crippen molar-refractivity contribution in [1.82, 2.24) is 0 Å². The summed E-state index contributed by atoms with van der Waals surface area (Å²) in [6, 6.07) is 15.3. The number of benzene rings is 3. The molecule has 0 aromatic heterocycles. The van der Waals surface area contributed by atoms with Crippen LogP contribution in [0, 0.1) is 0 Å². The summed E-state index contributed by atoms with van der Waals surface area (Å²) in [5.41, 5.74) is 1.53. The number of hydrogen-bond donors (Lipinski definition) is 2. The topological polar surface area (TPSA) is 95.9 Å². The van der Waals surface area contributed by atoms with Gasteiger partial charge in [-0.1, -0.05) is 24.3 Å². The van der Waals surface area contributed by atoms with Gasteiger partial charge in [0.05, 0.1) is 5.69 Å². The number of nitrogens with zero attached hydrogens (tertiary/aromatic N) is 1. The molecule has 0 saturated heterocycles. The van der Waals surface area contributed by atoms with Gasteiger partial charge in [0.1, 0.15) is 11.5 Å². The summed E-state index contributed by atoms with van der Waals surface area (Å²) in [5.74, 6) is -0.00157. The molecule has 1 atom stereocenters. The number of Topliss-reactive ketones (excluding diaryl/α,β-unsaturated/α-hetero) is 1. The molecule has 3 aromatic rings. The molecule has 31 heavy (non-hydrogen) atoms. The Hall–Kier alpha value is -3.87. The predicted octanol–water partition coefficient (Wildman–Crippen LogP) is 3.89. The number of aromatic hydroxyl groups is 1. The van der Waals surface area contributed by atoms with Crippen LogP contribution in [0.25, 0.3) is 10.8 Å². The lowest BCUT2D eigenvalue weighted by atomic mass is 10.0. The van der Waals surface area contributed by atoms with Crippen LogP contribution in [0.5, 0.6) is 11.5 Å². The van der Waals surface area contributed by atoms with E-state index in [1.807, 2.05) is 6.07 Å². The van der Waals surface area contributed by atoms with Crippen molar-refractivity contribution in [2.24, 2.45) is 0 Å². The second-order valence-electron chi connectivity index (χ2n) is 7.49. The fraction of sp³-hybridized carbons (Fsp3) is 0.208. The molecule has 7 nitrogen and oxygen atoms in total. The molecule has 1 aliphatic rings. The SMILES string of the molecule is CC1Oc2ccc(C(=O)CCC(=O)Nc3cccc4c(O)cccc34)cc2N(C)C1=O. The first-order valence-electron chi connectivity index (χ1n) is 9.97. The molecule has 1 aliphatic heterocycles. The maximum Gasteiger partial charge on any atom is 0.267 e. The van der Waals surface area contributed by atoms with Crippen molar-refractivity contribution < 1.29 is 24.2 Å². The van der Waals surface area contributed by atoms with Crippen LogP contribution in [0.15, 0.2) is 54.6 Å². The maximum absolute atomic E-state index is 12.6. The highest BCUT2D eigenvalue weighted by molar-refractivity contribution is 6.06. The number of ketones is 1. The summed E-state index contributed by atoms with van der Waals surface area (Å²) in [5, 5.41) is 14.1. The molecule has 0 radical (unpaired) electrons. The normalized spacial score (nSPS) is 15.4. The number of hydrogen-bond acceptors (Lipinski definition) is 5. The summed E-state index contributed by atoms with van der Waals surface area (Å²) < 4.78 is 5.57. The van der Waals surface area contributed by atoms with E-state index < -0.39 is 6.10 Å². The Morgan fingerprint density at radius 2 is 1.81 bits per heavy atom. The number of phenolic OH excluding ortho intramolecular Hbond substituents is 1.